The molecule has 0 atom stereocenters. The monoisotopic (exact) mass is 206 g/mol. The Morgan fingerprint density at radius 2 is 2.14 bits per heavy atom. The zero-order valence-electron chi connectivity index (χ0n) is 8.10. The standard InChI is InChI=1S/C7H8N2O4.Na/c1-12-6(11)4-3-8-7(13-2)9-5(4)10;/h3H,1-2H3,(H,8,9,10);/q;+1/p-1. The Balaban J connectivity index is 0.00000169. The van der Waals surface area contributed by atoms with Crippen LogP contribution in [0.5, 0.6) is 11.9 Å². The van der Waals surface area contributed by atoms with Gasteiger partial charge in [0.15, 0.2) is 0 Å². The van der Waals surface area contributed by atoms with Gasteiger partial charge in [-0.15, -0.1) is 0 Å². The van der Waals surface area contributed by atoms with E-state index in [9.17, 15) is 9.90 Å². The average molecular weight is 206 g/mol. The summed E-state index contributed by atoms with van der Waals surface area (Å²) in [5.74, 6) is -1.47. The molecule has 0 bridgehead atoms. The summed E-state index contributed by atoms with van der Waals surface area (Å²) in [6, 6.07) is -0.0716. The molecule has 6 nitrogen and oxygen atoms in total. The van der Waals surface area contributed by atoms with Gasteiger partial charge in [-0.25, -0.2) is 14.8 Å². The quantitative estimate of drug-likeness (QED) is 0.366. The van der Waals surface area contributed by atoms with Gasteiger partial charge in [0.2, 0.25) is 0 Å². The fourth-order valence-electron chi connectivity index (χ4n) is 0.699. The number of esters is 1. The minimum Gasteiger partial charge on any atom is -0.858 e. The average Bonchev–Trinajstić information content (AvgIpc) is 2.16. The van der Waals surface area contributed by atoms with Gasteiger partial charge in [-0.05, 0) is 0 Å². The second kappa shape index (κ2) is 5.79. The van der Waals surface area contributed by atoms with E-state index in [-0.39, 0.29) is 41.1 Å². The minimum atomic E-state index is -0.757. The second-order valence-corrected chi connectivity index (χ2v) is 2.07. The van der Waals surface area contributed by atoms with Crippen LogP contribution in [-0.2, 0) is 4.74 Å². The van der Waals surface area contributed by atoms with Crippen molar-refractivity contribution >= 4 is 5.97 Å². The Labute approximate surface area is 103 Å². The van der Waals surface area contributed by atoms with Gasteiger partial charge in [-0.3, -0.25) is 0 Å². The van der Waals surface area contributed by atoms with E-state index in [0.29, 0.717) is 0 Å². The van der Waals surface area contributed by atoms with Crippen LogP contribution in [0.1, 0.15) is 10.4 Å². The van der Waals surface area contributed by atoms with E-state index in [2.05, 4.69) is 19.4 Å². The van der Waals surface area contributed by atoms with Gasteiger partial charge in [-0.2, -0.15) is 0 Å². The maximum Gasteiger partial charge on any atom is 1.00 e. The summed E-state index contributed by atoms with van der Waals surface area (Å²) in [5, 5.41) is 11.1. The number of aromatic nitrogens is 2. The van der Waals surface area contributed by atoms with Crippen molar-refractivity contribution in [3.05, 3.63) is 11.8 Å². The normalized spacial score (nSPS) is 8.71. The second-order valence-electron chi connectivity index (χ2n) is 2.07. The van der Waals surface area contributed by atoms with Gasteiger partial charge in [0.05, 0.1) is 19.8 Å². The molecule has 0 aliphatic heterocycles. The van der Waals surface area contributed by atoms with E-state index in [0.717, 1.165) is 6.20 Å². The van der Waals surface area contributed by atoms with Gasteiger partial charge in [0, 0.05) is 12.1 Å². The third-order valence-electron chi connectivity index (χ3n) is 1.32. The molecule has 0 radical (unpaired) electrons. The first kappa shape index (κ1) is 13.2. The molecular formula is C7H7N2NaO4. The van der Waals surface area contributed by atoms with Crippen LogP contribution in [0.3, 0.4) is 0 Å². The summed E-state index contributed by atoms with van der Waals surface area (Å²) in [6.07, 6.45) is 1.07. The van der Waals surface area contributed by atoms with Crippen LogP contribution < -0.4 is 39.4 Å². The maximum atomic E-state index is 11.1. The Morgan fingerprint density at radius 3 is 2.57 bits per heavy atom. The van der Waals surface area contributed by atoms with Crippen molar-refractivity contribution in [3.8, 4) is 11.9 Å². The molecule has 0 unspecified atom stereocenters. The van der Waals surface area contributed by atoms with Crippen molar-refractivity contribution in [2.24, 2.45) is 0 Å². The number of hydrogen-bond acceptors (Lipinski definition) is 6. The zero-order valence-corrected chi connectivity index (χ0v) is 10.1. The summed E-state index contributed by atoms with van der Waals surface area (Å²) < 4.78 is 8.92. The first-order valence-electron chi connectivity index (χ1n) is 3.35. The Hall–Kier alpha value is -0.850. The molecule has 0 spiro atoms. The molecule has 0 aromatic carbocycles. The minimum absolute atomic E-state index is 0. The topological polar surface area (TPSA) is 84.4 Å². The summed E-state index contributed by atoms with van der Waals surface area (Å²) in [4.78, 5) is 17.9. The largest absolute Gasteiger partial charge is 1.00 e. The molecule has 7 heteroatoms. The summed E-state index contributed by atoms with van der Waals surface area (Å²) >= 11 is 0. The van der Waals surface area contributed by atoms with Crippen LogP contribution in [0.15, 0.2) is 6.20 Å². The molecule has 0 saturated heterocycles. The van der Waals surface area contributed by atoms with Crippen molar-refractivity contribution in [3.63, 3.8) is 0 Å². The predicted molar refractivity (Wildman–Crippen MR) is 39.4 cm³/mol. The molecule has 1 aromatic rings. The van der Waals surface area contributed by atoms with Crippen molar-refractivity contribution in [1.82, 2.24) is 9.97 Å². The van der Waals surface area contributed by atoms with E-state index < -0.39 is 11.8 Å². The van der Waals surface area contributed by atoms with E-state index in [1.165, 1.54) is 14.2 Å². The molecule has 1 rings (SSSR count). The number of methoxy groups -OCH3 is 2. The number of hydrogen-bond donors (Lipinski definition) is 0. The summed E-state index contributed by atoms with van der Waals surface area (Å²) in [5.41, 5.74) is -0.205. The molecule has 0 aliphatic rings. The van der Waals surface area contributed by atoms with E-state index in [4.69, 9.17) is 0 Å². The van der Waals surface area contributed by atoms with Gasteiger partial charge < -0.3 is 14.6 Å². The van der Waals surface area contributed by atoms with Gasteiger partial charge in [-0.1, -0.05) is 0 Å². The van der Waals surface area contributed by atoms with Crippen LogP contribution in [-0.4, -0.2) is 30.2 Å². The molecule has 70 valence electrons. The van der Waals surface area contributed by atoms with Crippen LogP contribution in [0.25, 0.3) is 0 Å². The number of rotatable bonds is 2. The van der Waals surface area contributed by atoms with E-state index in [1.54, 1.807) is 0 Å². The molecule has 0 aliphatic carbocycles. The third kappa shape index (κ3) is 2.83. The molecule has 1 aromatic heterocycles. The van der Waals surface area contributed by atoms with Crippen LogP contribution in [0, 0.1) is 0 Å². The molecular weight excluding hydrogens is 199 g/mol. The van der Waals surface area contributed by atoms with Crippen LogP contribution >= 0.6 is 0 Å². The number of nitrogens with zero attached hydrogens (tertiary/aromatic N) is 2. The smallest absolute Gasteiger partial charge is 0.858 e. The van der Waals surface area contributed by atoms with Crippen molar-refractivity contribution in [1.29, 1.82) is 0 Å². The molecule has 0 saturated carbocycles. The van der Waals surface area contributed by atoms with E-state index >= 15 is 0 Å². The first-order valence-corrected chi connectivity index (χ1v) is 3.35. The molecule has 1 heterocycles. The molecule has 0 amide bonds. The molecule has 0 fully saturated rings. The van der Waals surface area contributed by atoms with Crippen LogP contribution in [0.2, 0.25) is 0 Å². The fourth-order valence-corrected chi connectivity index (χ4v) is 0.699. The predicted octanol–water partition coefficient (Wildman–Crippen LogP) is -3.65. The van der Waals surface area contributed by atoms with Crippen molar-refractivity contribution < 1.29 is 48.9 Å². The molecule has 0 N–H and O–H groups in total. The van der Waals surface area contributed by atoms with Gasteiger partial charge >= 0.3 is 41.5 Å². The Kier molecular flexibility index (Phi) is 5.44. The third-order valence-corrected chi connectivity index (χ3v) is 1.32. The fraction of sp³-hybridized carbons (Fsp3) is 0.286. The first-order chi connectivity index (χ1) is 6.19. The number of carbonyl (C=O) groups excluding carboxylic acids is 1. The number of carbonyl (C=O) groups is 1. The number of ether oxygens (including phenoxy) is 2. The van der Waals surface area contributed by atoms with Crippen molar-refractivity contribution in [2.75, 3.05) is 14.2 Å². The SMILES string of the molecule is COC(=O)c1cnc(OC)nc1[O-].[Na+]. The zero-order chi connectivity index (χ0) is 9.84. The Bertz CT molecular complexity index is 331. The van der Waals surface area contributed by atoms with E-state index in [1.807, 2.05) is 0 Å². The summed E-state index contributed by atoms with van der Waals surface area (Å²) in [6.45, 7) is 0. The Morgan fingerprint density at radius 1 is 1.50 bits per heavy atom. The van der Waals surface area contributed by atoms with Crippen molar-refractivity contribution in [2.45, 2.75) is 0 Å². The van der Waals surface area contributed by atoms with Gasteiger partial charge in [0.25, 0.3) is 0 Å². The summed E-state index contributed by atoms with van der Waals surface area (Å²) in [7, 11) is 2.50. The molecule has 14 heavy (non-hydrogen) atoms. The van der Waals surface area contributed by atoms with Gasteiger partial charge in [0.1, 0.15) is 0 Å². The maximum absolute atomic E-state index is 11.1. The van der Waals surface area contributed by atoms with Crippen LogP contribution in [0.4, 0.5) is 0 Å².